The summed E-state index contributed by atoms with van der Waals surface area (Å²) < 4.78 is 28.3. The van der Waals surface area contributed by atoms with Gasteiger partial charge in [-0.25, -0.2) is 4.79 Å². The smallest absolute Gasteiger partial charge is 0.337 e. The van der Waals surface area contributed by atoms with Gasteiger partial charge < -0.3 is 5.11 Å². The van der Waals surface area contributed by atoms with Crippen molar-refractivity contribution in [2.75, 3.05) is 17.8 Å². The van der Waals surface area contributed by atoms with Crippen molar-refractivity contribution in [2.24, 2.45) is 0 Å². The van der Waals surface area contributed by atoms with Crippen molar-refractivity contribution in [2.45, 2.75) is 26.7 Å². The van der Waals surface area contributed by atoms with E-state index in [0.29, 0.717) is 25.9 Å². The first-order chi connectivity index (χ1) is 9.81. The summed E-state index contributed by atoms with van der Waals surface area (Å²) in [5, 5.41) is 9.37. The van der Waals surface area contributed by atoms with Crippen LogP contribution in [-0.2, 0) is 10.2 Å². The molecule has 0 aliphatic rings. The molecule has 0 aliphatic heterocycles. The van der Waals surface area contributed by atoms with Crippen LogP contribution >= 0.6 is 11.6 Å². The van der Waals surface area contributed by atoms with Crippen LogP contribution in [0.2, 0.25) is 5.02 Å². The summed E-state index contributed by atoms with van der Waals surface area (Å²) in [6.45, 7) is 4.48. The van der Waals surface area contributed by atoms with Crippen molar-refractivity contribution in [3.8, 4) is 0 Å². The lowest BCUT2D eigenvalue weighted by atomic mass is 10.2. The fourth-order valence-corrected chi connectivity index (χ4v) is 3.44. The maximum absolute atomic E-state index is 12.3. The lowest BCUT2D eigenvalue weighted by Crippen LogP contribution is -2.37. The first-order valence-electron chi connectivity index (χ1n) is 6.62. The molecule has 0 amide bonds. The molecule has 118 valence electrons. The van der Waals surface area contributed by atoms with Crippen LogP contribution in [0.15, 0.2) is 18.2 Å². The van der Waals surface area contributed by atoms with Crippen molar-refractivity contribution in [1.29, 1.82) is 0 Å². The van der Waals surface area contributed by atoms with Crippen LogP contribution in [-0.4, -0.2) is 36.9 Å². The summed E-state index contributed by atoms with van der Waals surface area (Å²) in [7, 11) is -3.81. The topological polar surface area (TPSA) is 86.7 Å². The number of benzene rings is 1. The van der Waals surface area contributed by atoms with Gasteiger partial charge in [0.15, 0.2) is 0 Å². The Kier molecular flexibility index (Phi) is 6.44. The van der Waals surface area contributed by atoms with E-state index in [0.717, 1.165) is 0 Å². The molecule has 0 saturated carbocycles. The van der Waals surface area contributed by atoms with Gasteiger partial charge in [-0.2, -0.15) is 12.7 Å². The first-order valence-corrected chi connectivity index (χ1v) is 8.44. The maximum atomic E-state index is 12.3. The van der Waals surface area contributed by atoms with Crippen LogP contribution in [0.25, 0.3) is 0 Å². The zero-order valence-electron chi connectivity index (χ0n) is 12.0. The highest BCUT2D eigenvalue weighted by Gasteiger charge is 2.23. The molecule has 1 rings (SSSR count). The van der Waals surface area contributed by atoms with Crippen LogP contribution in [0.3, 0.4) is 0 Å². The van der Waals surface area contributed by atoms with Crippen LogP contribution in [0, 0.1) is 0 Å². The molecular weight excluding hydrogens is 316 g/mol. The molecular formula is C13H19ClN2O4S. The third-order valence-corrected chi connectivity index (χ3v) is 4.49. The molecule has 0 radical (unpaired) electrons. The van der Waals surface area contributed by atoms with Gasteiger partial charge in [-0.1, -0.05) is 25.4 Å². The van der Waals surface area contributed by atoms with Crippen molar-refractivity contribution < 1.29 is 18.3 Å². The van der Waals surface area contributed by atoms with Crippen molar-refractivity contribution in [3.05, 3.63) is 28.8 Å². The Labute approximate surface area is 129 Å². The van der Waals surface area contributed by atoms with E-state index in [2.05, 4.69) is 4.72 Å². The number of rotatable bonds is 8. The second-order valence-corrected chi connectivity index (χ2v) is 6.61. The van der Waals surface area contributed by atoms with Gasteiger partial charge in [0.2, 0.25) is 0 Å². The van der Waals surface area contributed by atoms with Crippen LogP contribution in [0.5, 0.6) is 0 Å². The second-order valence-electron chi connectivity index (χ2n) is 4.50. The number of hydrogen-bond acceptors (Lipinski definition) is 3. The Balaban J connectivity index is 3.13. The predicted molar refractivity (Wildman–Crippen MR) is 83.1 cm³/mol. The van der Waals surface area contributed by atoms with E-state index in [-0.39, 0.29) is 16.3 Å². The number of halogens is 1. The SMILES string of the molecule is CCCN(CCC)S(=O)(=O)Nc1cc(Cl)ccc1C(=O)O. The molecule has 0 spiro atoms. The molecule has 0 saturated heterocycles. The second kappa shape index (κ2) is 7.63. The number of aromatic carboxylic acids is 1. The van der Waals surface area contributed by atoms with Crippen molar-refractivity contribution >= 4 is 33.5 Å². The van der Waals surface area contributed by atoms with Gasteiger partial charge in [0, 0.05) is 18.1 Å². The van der Waals surface area contributed by atoms with Crippen LogP contribution in [0.4, 0.5) is 5.69 Å². The predicted octanol–water partition coefficient (Wildman–Crippen LogP) is 2.82. The Morgan fingerprint density at radius 1 is 1.29 bits per heavy atom. The zero-order valence-corrected chi connectivity index (χ0v) is 13.5. The number of hydrogen-bond donors (Lipinski definition) is 2. The number of nitrogens with one attached hydrogen (secondary N) is 1. The summed E-state index contributed by atoms with van der Waals surface area (Å²) in [6, 6.07) is 3.96. The van der Waals surface area contributed by atoms with Gasteiger partial charge in [-0.3, -0.25) is 4.72 Å². The standard InChI is InChI=1S/C13H19ClN2O4S/c1-3-7-16(8-4-2)21(19,20)15-12-9-10(14)5-6-11(12)13(17)18/h5-6,9,15H,3-4,7-8H2,1-2H3,(H,17,18). The summed E-state index contributed by atoms with van der Waals surface area (Å²) in [5.41, 5.74) is -0.178. The minimum atomic E-state index is -3.81. The normalized spacial score (nSPS) is 11.6. The third-order valence-electron chi connectivity index (χ3n) is 2.74. The van der Waals surface area contributed by atoms with Gasteiger partial charge in [0.25, 0.3) is 0 Å². The van der Waals surface area contributed by atoms with Gasteiger partial charge in [-0.15, -0.1) is 0 Å². The van der Waals surface area contributed by atoms with Gasteiger partial charge >= 0.3 is 16.2 Å². The molecule has 1 aromatic rings. The molecule has 8 heteroatoms. The van der Waals surface area contributed by atoms with Gasteiger partial charge in [0.05, 0.1) is 11.3 Å². The summed E-state index contributed by atoms with van der Waals surface area (Å²) in [6.07, 6.45) is 1.34. The molecule has 21 heavy (non-hydrogen) atoms. The Morgan fingerprint density at radius 2 is 1.86 bits per heavy atom. The molecule has 2 N–H and O–H groups in total. The molecule has 0 heterocycles. The zero-order chi connectivity index (χ0) is 16.0. The number of anilines is 1. The highest BCUT2D eigenvalue weighted by Crippen LogP contribution is 2.23. The van der Waals surface area contributed by atoms with E-state index in [1.807, 2.05) is 13.8 Å². The monoisotopic (exact) mass is 334 g/mol. The molecule has 0 atom stereocenters. The summed E-state index contributed by atoms with van der Waals surface area (Å²) in [5.74, 6) is -1.22. The molecule has 0 bridgehead atoms. The lowest BCUT2D eigenvalue weighted by molar-refractivity contribution is 0.0698. The molecule has 6 nitrogen and oxygen atoms in total. The first kappa shape index (κ1) is 17.7. The Morgan fingerprint density at radius 3 is 2.33 bits per heavy atom. The minimum Gasteiger partial charge on any atom is -0.478 e. The van der Waals surface area contributed by atoms with E-state index in [1.54, 1.807) is 0 Å². The minimum absolute atomic E-state index is 0.0350. The fourth-order valence-electron chi connectivity index (χ4n) is 1.84. The van der Waals surface area contributed by atoms with Gasteiger partial charge in [-0.05, 0) is 31.0 Å². The number of nitrogens with zero attached hydrogens (tertiary/aromatic N) is 1. The Bertz CT molecular complexity index is 598. The van der Waals surface area contributed by atoms with E-state index < -0.39 is 16.2 Å². The molecule has 0 aromatic heterocycles. The number of carboxylic acid groups (broad SMARTS) is 1. The maximum Gasteiger partial charge on any atom is 0.337 e. The quantitative estimate of drug-likeness (QED) is 0.765. The molecule has 0 aliphatic carbocycles. The molecule has 0 unspecified atom stereocenters. The average Bonchev–Trinajstić information content (AvgIpc) is 2.37. The fraction of sp³-hybridized carbons (Fsp3) is 0.462. The van der Waals surface area contributed by atoms with Crippen molar-refractivity contribution in [1.82, 2.24) is 4.31 Å². The average molecular weight is 335 g/mol. The van der Waals surface area contributed by atoms with Crippen LogP contribution < -0.4 is 4.72 Å². The summed E-state index contributed by atoms with van der Waals surface area (Å²) in [4.78, 5) is 11.1. The van der Waals surface area contributed by atoms with Gasteiger partial charge in [0.1, 0.15) is 0 Å². The highest BCUT2D eigenvalue weighted by molar-refractivity contribution is 7.90. The van der Waals surface area contributed by atoms with E-state index in [9.17, 15) is 13.2 Å². The highest BCUT2D eigenvalue weighted by atomic mass is 35.5. The third kappa shape index (κ3) is 4.87. The number of carbonyl (C=O) groups is 1. The summed E-state index contributed by atoms with van der Waals surface area (Å²) >= 11 is 5.81. The lowest BCUT2D eigenvalue weighted by Gasteiger charge is -2.22. The number of carboxylic acids is 1. The van der Waals surface area contributed by atoms with Crippen LogP contribution in [0.1, 0.15) is 37.0 Å². The van der Waals surface area contributed by atoms with E-state index in [4.69, 9.17) is 16.7 Å². The van der Waals surface area contributed by atoms with Crippen molar-refractivity contribution in [3.63, 3.8) is 0 Å². The van der Waals surface area contributed by atoms with E-state index in [1.165, 1.54) is 22.5 Å². The Hall–Kier alpha value is -1.31. The van der Waals surface area contributed by atoms with E-state index >= 15 is 0 Å². The largest absolute Gasteiger partial charge is 0.478 e. The molecule has 0 fully saturated rings. The molecule has 1 aromatic carbocycles.